The second kappa shape index (κ2) is 6.84. The summed E-state index contributed by atoms with van der Waals surface area (Å²) in [6, 6.07) is 4.86. The largest absolute Gasteiger partial charge is 0.416 e. The van der Waals surface area contributed by atoms with E-state index in [4.69, 9.17) is 0 Å². The Kier molecular flexibility index (Phi) is 4.80. The van der Waals surface area contributed by atoms with Crippen LogP contribution in [-0.2, 0) is 12.7 Å². The van der Waals surface area contributed by atoms with Gasteiger partial charge in [0, 0.05) is 12.7 Å². The van der Waals surface area contributed by atoms with Gasteiger partial charge in [-0.25, -0.2) is 0 Å². The number of nitrogens with one attached hydrogen (secondary N) is 1. The number of H-pyrrole nitrogens is 1. The van der Waals surface area contributed by atoms with Gasteiger partial charge in [0.05, 0.1) is 17.7 Å². The van der Waals surface area contributed by atoms with Gasteiger partial charge in [0.2, 0.25) is 0 Å². The maximum Gasteiger partial charge on any atom is 0.416 e. The molecule has 0 amide bonds. The number of piperidine rings is 1. The average Bonchev–Trinajstić information content (AvgIpc) is 2.94. The van der Waals surface area contributed by atoms with Gasteiger partial charge in [-0.05, 0) is 43.6 Å². The van der Waals surface area contributed by atoms with Gasteiger partial charge in [-0.1, -0.05) is 18.6 Å². The molecule has 2 aromatic rings. The molecule has 7 heteroatoms. The van der Waals surface area contributed by atoms with Gasteiger partial charge in [-0.2, -0.15) is 13.2 Å². The molecule has 0 spiro atoms. The van der Waals surface area contributed by atoms with E-state index in [0.717, 1.165) is 31.8 Å². The number of halogens is 3. The molecule has 1 aromatic heterocycles. The Hall–Kier alpha value is -2.02. The van der Waals surface area contributed by atoms with Crippen molar-refractivity contribution < 1.29 is 13.2 Å². The van der Waals surface area contributed by atoms with E-state index < -0.39 is 11.7 Å². The Morgan fingerprint density at radius 1 is 1.08 bits per heavy atom. The molecule has 0 atom stereocenters. The molecule has 3 rings (SSSR count). The van der Waals surface area contributed by atoms with E-state index in [1.807, 2.05) is 0 Å². The summed E-state index contributed by atoms with van der Waals surface area (Å²) in [6.45, 7) is 3.57. The molecule has 1 saturated heterocycles. The van der Waals surface area contributed by atoms with Crippen molar-refractivity contribution >= 4 is 0 Å². The van der Waals surface area contributed by atoms with E-state index in [1.54, 1.807) is 10.9 Å². The molecule has 1 aliphatic heterocycles. The van der Waals surface area contributed by atoms with Crippen molar-refractivity contribution in [3.05, 3.63) is 46.4 Å². The first-order valence-corrected chi connectivity index (χ1v) is 8.13. The SMILES string of the molecule is O=c1[nH]n(CCN2CCCCC2)cc1-c1cccc(C(F)(F)F)c1. The topological polar surface area (TPSA) is 41.0 Å². The molecular weight excluding hydrogens is 319 g/mol. The van der Waals surface area contributed by atoms with Gasteiger partial charge in [0.15, 0.2) is 0 Å². The van der Waals surface area contributed by atoms with Crippen LogP contribution in [0.2, 0.25) is 0 Å². The highest BCUT2D eigenvalue weighted by Gasteiger charge is 2.30. The highest BCUT2D eigenvalue weighted by atomic mass is 19.4. The fourth-order valence-corrected chi connectivity index (χ4v) is 3.06. The monoisotopic (exact) mass is 339 g/mol. The minimum Gasteiger partial charge on any atom is -0.302 e. The van der Waals surface area contributed by atoms with Gasteiger partial charge in [-0.15, -0.1) is 0 Å². The van der Waals surface area contributed by atoms with Crippen LogP contribution in [0.3, 0.4) is 0 Å². The highest BCUT2D eigenvalue weighted by molar-refractivity contribution is 5.62. The number of benzene rings is 1. The van der Waals surface area contributed by atoms with Crippen LogP contribution in [0.4, 0.5) is 13.2 Å². The van der Waals surface area contributed by atoms with Crippen LogP contribution >= 0.6 is 0 Å². The number of hydrogen-bond acceptors (Lipinski definition) is 2. The molecule has 1 fully saturated rings. The zero-order valence-electron chi connectivity index (χ0n) is 13.3. The van der Waals surface area contributed by atoms with Gasteiger partial charge in [0.25, 0.3) is 5.56 Å². The smallest absolute Gasteiger partial charge is 0.302 e. The van der Waals surface area contributed by atoms with Gasteiger partial charge in [-0.3, -0.25) is 14.6 Å². The molecule has 1 N–H and O–H groups in total. The molecule has 0 unspecified atom stereocenters. The van der Waals surface area contributed by atoms with Gasteiger partial charge in [0.1, 0.15) is 0 Å². The van der Waals surface area contributed by atoms with E-state index in [9.17, 15) is 18.0 Å². The number of nitrogens with zero attached hydrogens (tertiary/aromatic N) is 2. The first kappa shape index (κ1) is 16.8. The number of aromatic amines is 1. The predicted molar refractivity (Wildman–Crippen MR) is 85.8 cm³/mol. The fraction of sp³-hybridized carbons (Fsp3) is 0.471. The predicted octanol–water partition coefficient (Wildman–Crippen LogP) is 3.35. The van der Waals surface area contributed by atoms with Crippen molar-refractivity contribution in [2.45, 2.75) is 32.0 Å². The fourth-order valence-electron chi connectivity index (χ4n) is 3.06. The average molecular weight is 339 g/mol. The van der Waals surface area contributed by atoms with Crippen LogP contribution in [-0.4, -0.2) is 34.3 Å². The van der Waals surface area contributed by atoms with Crippen molar-refractivity contribution in [3.8, 4) is 11.1 Å². The lowest BCUT2D eigenvalue weighted by Gasteiger charge is -2.26. The third-order valence-electron chi connectivity index (χ3n) is 4.38. The van der Waals surface area contributed by atoms with Crippen molar-refractivity contribution in [2.24, 2.45) is 0 Å². The summed E-state index contributed by atoms with van der Waals surface area (Å²) in [6.07, 6.45) is 0.827. The molecule has 0 saturated carbocycles. The Balaban J connectivity index is 1.75. The van der Waals surface area contributed by atoms with Crippen molar-refractivity contribution in [1.29, 1.82) is 0 Å². The number of aromatic nitrogens is 2. The first-order valence-electron chi connectivity index (χ1n) is 8.13. The second-order valence-corrected chi connectivity index (χ2v) is 6.16. The lowest BCUT2D eigenvalue weighted by atomic mass is 10.1. The maximum atomic E-state index is 12.8. The quantitative estimate of drug-likeness (QED) is 0.928. The molecule has 1 aliphatic rings. The lowest BCUT2D eigenvalue weighted by molar-refractivity contribution is -0.137. The molecule has 4 nitrogen and oxygen atoms in total. The minimum absolute atomic E-state index is 0.264. The summed E-state index contributed by atoms with van der Waals surface area (Å²) < 4.78 is 40.1. The van der Waals surface area contributed by atoms with E-state index in [2.05, 4.69) is 10.00 Å². The van der Waals surface area contributed by atoms with Crippen LogP contribution in [0.5, 0.6) is 0 Å². The third kappa shape index (κ3) is 3.90. The Morgan fingerprint density at radius 2 is 1.83 bits per heavy atom. The minimum atomic E-state index is -4.42. The van der Waals surface area contributed by atoms with Crippen LogP contribution in [0, 0.1) is 0 Å². The summed E-state index contributed by atoms with van der Waals surface area (Å²) in [5.74, 6) is 0. The number of rotatable bonds is 4. The summed E-state index contributed by atoms with van der Waals surface area (Å²) >= 11 is 0. The van der Waals surface area contributed by atoms with E-state index in [1.165, 1.54) is 31.4 Å². The number of alkyl halides is 3. The normalized spacial score (nSPS) is 16.5. The molecule has 0 bridgehead atoms. The Labute approximate surface area is 137 Å². The zero-order chi connectivity index (χ0) is 17.2. The van der Waals surface area contributed by atoms with Crippen LogP contribution in [0.25, 0.3) is 11.1 Å². The summed E-state index contributed by atoms with van der Waals surface area (Å²) in [5, 5.41) is 2.69. The maximum absolute atomic E-state index is 12.8. The number of likely N-dealkylation sites (tertiary alicyclic amines) is 1. The summed E-state index contributed by atoms with van der Waals surface area (Å²) in [4.78, 5) is 14.4. The van der Waals surface area contributed by atoms with Crippen molar-refractivity contribution in [3.63, 3.8) is 0 Å². The van der Waals surface area contributed by atoms with E-state index in [-0.39, 0.29) is 16.7 Å². The van der Waals surface area contributed by atoms with Crippen LogP contribution < -0.4 is 5.56 Å². The summed E-state index contributed by atoms with van der Waals surface area (Å²) in [5.41, 5.74) is -0.573. The van der Waals surface area contributed by atoms with Gasteiger partial charge >= 0.3 is 6.18 Å². The molecule has 130 valence electrons. The van der Waals surface area contributed by atoms with Crippen LogP contribution in [0.15, 0.2) is 35.3 Å². The first-order chi connectivity index (χ1) is 11.4. The zero-order valence-corrected chi connectivity index (χ0v) is 13.3. The molecule has 0 radical (unpaired) electrons. The van der Waals surface area contributed by atoms with Crippen molar-refractivity contribution in [1.82, 2.24) is 14.7 Å². The van der Waals surface area contributed by atoms with Crippen LogP contribution in [0.1, 0.15) is 24.8 Å². The van der Waals surface area contributed by atoms with E-state index in [0.29, 0.717) is 6.54 Å². The Morgan fingerprint density at radius 3 is 2.54 bits per heavy atom. The lowest BCUT2D eigenvalue weighted by Crippen LogP contribution is -2.32. The summed E-state index contributed by atoms with van der Waals surface area (Å²) in [7, 11) is 0. The third-order valence-corrected chi connectivity index (χ3v) is 4.38. The molecule has 24 heavy (non-hydrogen) atoms. The van der Waals surface area contributed by atoms with E-state index >= 15 is 0 Å². The highest BCUT2D eigenvalue weighted by Crippen LogP contribution is 2.31. The molecule has 0 aliphatic carbocycles. The second-order valence-electron chi connectivity index (χ2n) is 6.16. The van der Waals surface area contributed by atoms with Crippen molar-refractivity contribution in [2.75, 3.05) is 19.6 Å². The number of hydrogen-bond donors (Lipinski definition) is 1. The standard InChI is InChI=1S/C17H20F3N3O/c18-17(19,20)14-6-4-5-13(11-14)15-12-23(21-16(15)24)10-9-22-7-2-1-3-8-22/h4-6,11-12H,1-3,7-10H2,(H,21,24). The van der Waals surface area contributed by atoms with Gasteiger partial charge < -0.3 is 4.90 Å². The molecule has 2 heterocycles. The molecular formula is C17H20F3N3O. The Bertz CT molecular complexity index is 742. The molecule has 1 aromatic carbocycles.